The van der Waals surface area contributed by atoms with Gasteiger partial charge in [0, 0.05) is 36.4 Å². The summed E-state index contributed by atoms with van der Waals surface area (Å²) in [5.41, 5.74) is 0. The summed E-state index contributed by atoms with van der Waals surface area (Å²) < 4.78 is 69.7. The predicted octanol–water partition coefficient (Wildman–Crippen LogP) is -3.10. The fourth-order valence-electron chi connectivity index (χ4n) is 5.42. The van der Waals surface area contributed by atoms with E-state index in [0.29, 0.717) is 25.7 Å². The molecule has 17 nitrogen and oxygen atoms in total. The summed E-state index contributed by atoms with van der Waals surface area (Å²) in [5.74, 6) is -0.779. The summed E-state index contributed by atoms with van der Waals surface area (Å²) in [7, 11) is -8.44. The van der Waals surface area contributed by atoms with Crippen LogP contribution in [0.4, 0.5) is 0 Å². The van der Waals surface area contributed by atoms with Gasteiger partial charge in [-0.1, -0.05) is 5.04 Å². The molecule has 2 aliphatic carbocycles. The van der Waals surface area contributed by atoms with Crippen LogP contribution >= 0.6 is 12.0 Å². The Morgan fingerprint density at radius 3 is 2.29 bits per heavy atom. The molecule has 0 bridgehead atoms. The Balaban J connectivity index is 1.62. The molecule has 20 heteroatoms. The summed E-state index contributed by atoms with van der Waals surface area (Å²) in [4.78, 5) is 0. The molecule has 11 N–H and O–H groups in total. The molecule has 0 spiro atoms. The van der Waals surface area contributed by atoms with Crippen molar-refractivity contribution < 1.29 is 50.8 Å². The van der Waals surface area contributed by atoms with E-state index < -0.39 is 62.8 Å². The van der Waals surface area contributed by atoms with Crippen LogP contribution in [0.25, 0.3) is 0 Å². The monoisotopic (exact) mass is 610 g/mol. The van der Waals surface area contributed by atoms with Crippen LogP contribution in [0.3, 0.4) is 0 Å². The maximum Gasteiger partial charge on any atom is 0.268 e. The number of nitrogens with one attached hydrogen (secondary N) is 6. The van der Waals surface area contributed by atoms with E-state index in [2.05, 4.69) is 41.3 Å². The second-order valence-corrected chi connectivity index (χ2v) is 14.0. The number of aliphatic hydroxyl groups excluding tert-OH is 2. The molecule has 3 fully saturated rings. The third-order valence-electron chi connectivity index (χ3n) is 7.05. The van der Waals surface area contributed by atoms with E-state index in [1.54, 1.807) is 0 Å². The average Bonchev–Trinajstić information content (AvgIpc) is 2.84. The van der Waals surface area contributed by atoms with E-state index in [9.17, 15) is 26.5 Å². The molecule has 3 aliphatic rings. The number of fused-ring (bicyclic) bond motifs is 1. The third-order valence-corrected chi connectivity index (χ3v) is 9.87. The molecule has 1 aliphatic heterocycles. The van der Waals surface area contributed by atoms with Gasteiger partial charge in [0.05, 0.1) is 23.7 Å². The summed E-state index contributed by atoms with van der Waals surface area (Å²) >= 11 is 0.813. The molecule has 2 saturated carbocycles. The van der Waals surface area contributed by atoms with Crippen molar-refractivity contribution in [2.45, 2.75) is 73.6 Å². The fraction of sp³-hybridized carbons (Fsp3) is 1.00. The van der Waals surface area contributed by atoms with Crippen LogP contribution < -0.4 is 31.9 Å². The van der Waals surface area contributed by atoms with Gasteiger partial charge >= 0.3 is 0 Å². The van der Waals surface area contributed by atoms with Gasteiger partial charge in [0.2, 0.25) is 0 Å². The first kappa shape index (κ1) is 32.2. The highest BCUT2D eigenvalue weighted by Gasteiger charge is 2.47. The maximum absolute atomic E-state index is 12.1. The minimum absolute atomic E-state index is 0.0505. The lowest BCUT2D eigenvalue weighted by atomic mass is 9.69. The average molecular weight is 611 g/mol. The lowest BCUT2D eigenvalue weighted by Gasteiger charge is -2.47. The van der Waals surface area contributed by atoms with E-state index >= 15 is 0 Å². The zero-order valence-electron chi connectivity index (χ0n) is 20.5. The van der Waals surface area contributed by atoms with Gasteiger partial charge in [-0.3, -0.25) is 41.0 Å². The van der Waals surface area contributed by atoms with Crippen LogP contribution in [0.1, 0.15) is 32.1 Å². The van der Waals surface area contributed by atoms with Gasteiger partial charge in [-0.25, -0.2) is 5.26 Å². The highest BCUT2D eigenvalue weighted by molar-refractivity contribution is 7.95. The van der Waals surface area contributed by atoms with Crippen LogP contribution in [0.2, 0.25) is 0 Å². The van der Waals surface area contributed by atoms with Crippen LogP contribution in [0.15, 0.2) is 0 Å². The first-order valence-corrected chi connectivity index (χ1v) is 16.1. The molecule has 1 heterocycles. The molecule has 0 aromatic carbocycles. The minimum atomic E-state index is -4.29. The Morgan fingerprint density at radius 2 is 1.66 bits per heavy atom. The van der Waals surface area contributed by atoms with Gasteiger partial charge in [0.15, 0.2) is 0 Å². The van der Waals surface area contributed by atoms with Crippen molar-refractivity contribution in [3.05, 3.63) is 0 Å². The fourth-order valence-corrected chi connectivity index (χ4v) is 7.96. The van der Waals surface area contributed by atoms with Gasteiger partial charge in [0.1, 0.15) is 18.9 Å². The first-order chi connectivity index (χ1) is 17.9. The largest absolute Gasteiger partial charge is 0.394 e. The van der Waals surface area contributed by atoms with E-state index in [-0.39, 0.29) is 42.6 Å². The number of hydrogen-bond acceptors (Lipinski definition) is 16. The molecular weight excluding hydrogens is 572 g/mol. The second-order valence-electron chi connectivity index (χ2n) is 9.77. The van der Waals surface area contributed by atoms with Crippen molar-refractivity contribution in [2.24, 2.45) is 11.8 Å². The van der Waals surface area contributed by atoms with Crippen molar-refractivity contribution in [1.29, 1.82) is 0 Å². The van der Waals surface area contributed by atoms with E-state index in [1.807, 2.05) is 0 Å². The highest BCUT2D eigenvalue weighted by Crippen LogP contribution is 2.46. The van der Waals surface area contributed by atoms with Crippen molar-refractivity contribution in [2.75, 3.05) is 25.4 Å². The molecule has 38 heavy (non-hydrogen) atoms. The SMILES string of the molecule is O=S(=O)(O)CCNC1NC(NCC(O)CO)NC(NC2CCC3C(C2)CC(SOOO)CC3S(=O)(=O)O)N1. The Labute approximate surface area is 225 Å². The molecule has 0 aromatic heterocycles. The lowest BCUT2D eigenvalue weighted by Crippen LogP contribution is -2.78. The third kappa shape index (κ3) is 10.3. The standard InChI is InChI=1S/C18H38N6O11S3/c25-9-12(26)8-20-17-22-16(19-3-4-37(28,29)30)23-18(24-17)21-11-1-2-14-10(5-11)6-13(36-35-34-27)7-15(14)38(31,32)33/h10-27H,1-9H2,(H,28,29,30)(H,31,32,33). The smallest absolute Gasteiger partial charge is 0.268 e. The van der Waals surface area contributed by atoms with Gasteiger partial charge in [-0.2, -0.15) is 16.8 Å². The van der Waals surface area contributed by atoms with Gasteiger partial charge in [0.25, 0.3) is 20.2 Å². The van der Waals surface area contributed by atoms with Crippen molar-refractivity contribution in [3.63, 3.8) is 0 Å². The van der Waals surface area contributed by atoms with Gasteiger partial charge in [-0.15, -0.1) is 4.33 Å². The molecule has 3 rings (SSSR count). The van der Waals surface area contributed by atoms with E-state index in [0.717, 1.165) is 12.0 Å². The summed E-state index contributed by atoms with van der Waals surface area (Å²) in [6, 6.07) is -0.0534. The summed E-state index contributed by atoms with van der Waals surface area (Å²) in [6.07, 6.45) is -0.106. The quantitative estimate of drug-likeness (QED) is 0.0403. The maximum atomic E-state index is 12.1. The Bertz CT molecular complexity index is 948. The van der Waals surface area contributed by atoms with Gasteiger partial charge in [-0.05, 0) is 43.9 Å². The Morgan fingerprint density at radius 1 is 0.974 bits per heavy atom. The normalized spacial score (nSPS) is 35.5. The Kier molecular flexibility index (Phi) is 12.4. The molecule has 0 amide bonds. The summed E-state index contributed by atoms with van der Waals surface area (Å²) in [6.45, 7) is -0.417. The molecule has 0 radical (unpaired) electrons. The number of hydrogen-bond donors (Lipinski definition) is 11. The zero-order valence-corrected chi connectivity index (χ0v) is 22.9. The zero-order chi connectivity index (χ0) is 27.9. The van der Waals surface area contributed by atoms with Crippen molar-refractivity contribution in [3.8, 4) is 0 Å². The summed E-state index contributed by atoms with van der Waals surface area (Å²) in [5, 5.41) is 48.5. The molecule has 9 unspecified atom stereocenters. The van der Waals surface area contributed by atoms with Crippen LogP contribution in [-0.2, 0) is 29.6 Å². The van der Waals surface area contributed by atoms with E-state index in [1.165, 1.54) is 0 Å². The lowest BCUT2D eigenvalue weighted by molar-refractivity contribution is -0.432. The number of aliphatic hydroxyl groups is 2. The highest BCUT2D eigenvalue weighted by atomic mass is 32.2. The van der Waals surface area contributed by atoms with Crippen LogP contribution in [-0.4, -0.2) is 108 Å². The van der Waals surface area contributed by atoms with Crippen LogP contribution in [0, 0.1) is 11.8 Å². The molecule has 224 valence electrons. The van der Waals surface area contributed by atoms with Crippen molar-refractivity contribution in [1.82, 2.24) is 31.9 Å². The Hall–Kier alpha value is -0.270. The topological polar surface area (TPSA) is 260 Å². The minimum Gasteiger partial charge on any atom is -0.394 e. The van der Waals surface area contributed by atoms with Crippen LogP contribution in [0.5, 0.6) is 0 Å². The molecule has 1 saturated heterocycles. The first-order valence-electron chi connectivity index (χ1n) is 12.2. The molecule has 0 aromatic rings. The molecule has 9 atom stereocenters. The number of rotatable bonds is 14. The second kappa shape index (κ2) is 14.6. The van der Waals surface area contributed by atoms with Gasteiger partial charge < -0.3 is 10.2 Å². The van der Waals surface area contributed by atoms with E-state index in [4.69, 9.17) is 14.9 Å². The molecular formula is C18H38N6O11S3. The predicted molar refractivity (Wildman–Crippen MR) is 135 cm³/mol. The van der Waals surface area contributed by atoms with Crippen molar-refractivity contribution >= 4 is 32.3 Å².